The third-order valence-electron chi connectivity index (χ3n) is 2.52. The summed E-state index contributed by atoms with van der Waals surface area (Å²) in [5.74, 6) is -0.870. The second-order valence-corrected chi connectivity index (χ2v) is 4.62. The average molecular weight is 221 g/mol. The van der Waals surface area contributed by atoms with E-state index in [1.165, 1.54) is 11.3 Å². The van der Waals surface area contributed by atoms with Gasteiger partial charge in [0.2, 0.25) is 0 Å². The molecule has 3 nitrogen and oxygen atoms in total. The fourth-order valence-electron chi connectivity index (χ4n) is 1.59. The van der Waals surface area contributed by atoms with E-state index in [2.05, 4.69) is 0 Å². The van der Waals surface area contributed by atoms with Crippen LogP contribution in [0.25, 0.3) is 10.1 Å². The molecule has 0 aliphatic carbocycles. The van der Waals surface area contributed by atoms with E-state index >= 15 is 0 Å². The standard InChI is InChI=1S/C11H11NO2S/c1-5-3-9-7(4-8(5)12)6(2)10(15-9)11(13)14/h3-4H,12H2,1-2H3,(H,13,14). The highest BCUT2D eigenvalue weighted by Crippen LogP contribution is 2.33. The zero-order valence-electron chi connectivity index (χ0n) is 8.50. The molecule has 0 atom stereocenters. The van der Waals surface area contributed by atoms with Gasteiger partial charge in [-0.25, -0.2) is 4.79 Å². The normalized spacial score (nSPS) is 10.8. The summed E-state index contributed by atoms with van der Waals surface area (Å²) in [5.41, 5.74) is 8.29. The van der Waals surface area contributed by atoms with Crippen molar-refractivity contribution >= 4 is 33.1 Å². The molecule has 0 aliphatic rings. The van der Waals surface area contributed by atoms with Crippen molar-refractivity contribution in [1.29, 1.82) is 0 Å². The molecule has 4 heteroatoms. The Balaban J connectivity index is 2.83. The number of hydrogen-bond donors (Lipinski definition) is 2. The Hall–Kier alpha value is -1.55. The Morgan fingerprint density at radius 2 is 2.07 bits per heavy atom. The first-order valence-electron chi connectivity index (χ1n) is 4.53. The second-order valence-electron chi connectivity index (χ2n) is 3.57. The molecule has 2 aromatic rings. The first-order chi connectivity index (χ1) is 7.00. The number of thiophene rings is 1. The molecule has 1 heterocycles. The van der Waals surface area contributed by atoms with Gasteiger partial charge >= 0.3 is 5.97 Å². The van der Waals surface area contributed by atoms with Crippen LogP contribution in [0, 0.1) is 13.8 Å². The van der Waals surface area contributed by atoms with E-state index in [0.29, 0.717) is 10.6 Å². The predicted molar refractivity (Wildman–Crippen MR) is 62.7 cm³/mol. The van der Waals surface area contributed by atoms with Gasteiger partial charge in [0.25, 0.3) is 0 Å². The fourth-order valence-corrected chi connectivity index (χ4v) is 2.72. The lowest BCUT2D eigenvalue weighted by Crippen LogP contribution is -1.93. The molecule has 0 spiro atoms. The molecule has 2 rings (SSSR count). The maximum absolute atomic E-state index is 10.9. The summed E-state index contributed by atoms with van der Waals surface area (Å²) in [6.45, 7) is 3.74. The summed E-state index contributed by atoms with van der Waals surface area (Å²) in [7, 11) is 0. The Kier molecular flexibility index (Phi) is 2.16. The van der Waals surface area contributed by atoms with Gasteiger partial charge in [-0.15, -0.1) is 11.3 Å². The van der Waals surface area contributed by atoms with Crippen molar-refractivity contribution in [1.82, 2.24) is 0 Å². The molecule has 15 heavy (non-hydrogen) atoms. The number of carboxylic acids is 1. The van der Waals surface area contributed by atoms with Crippen LogP contribution in [0.2, 0.25) is 0 Å². The topological polar surface area (TPSA) is 63.3 Å². The van der Waals surface area contributed by atoms with Gasteiger partial charge in [-0.1, -0.05) is 0 Å². The number of carboxylic acid groups (broad SMARTS) is 1. The molecule has 0 bridgehead atoms. The van der Waals surface area contributed by atoms with Crippen molar-refractivity contribution in [2.75, 3.05) is 5.73 Å². The highest BCUT2D eigenvalue weighted by atomic mass is 32.1. The van der Waals surface area contributed by atoms with Crippen molar-refractivity contribution in [3.63, 3.8) is 0 Å². The molecule has 3 N–H and O–H groups in total. The largest absolute Gasteiger partial charge is 0.477 e. The molecule has 0 radical (unpaired) electrons. The summed E-state index contributed by atoms with van der Waals surface area (Å²) < 4.78 is 0.983. The van der Waals surface area contributed by atoms with Gasteiger partial charge < -0.3 is 10.8 Å². The molecule has 0 unspecified atom stereocenters. The highest BCUT2D eigenvalue weighted by Gasteiger charge is 2.14. The highest BCUT2D eigenvalue weighted by molar-refractivity contribution is 7.21. The van der Waals surface area contributed by atoms with Crippen LogP contribution in [0.5, 0.6) is 0 Å². The van der Waals surface area contributed by atoms with Crippen molar-refractivity contribution in [3.8, 4) is 0 Å². The number of fused-ring (bicyclic) bond motifs is 1. The number of nitrogens with two attached hydrogens (primary N) is 1. The third kappa shape index (κ3) is 1.47. The van der Waals surface area contributed by atoms with Crippen molar-refractivity contribution in [2.45, 2.75) is 13.8 Å². The number of aromatic carboxylic acids is 1. The monoisotopic (exact) mass is 221 g/mol. The lowest BCUT2D eigenvalue weighted by atomic mass is 10.1. The summed E-state index contributed by atoms with van der Waals surface area (Å²) in [4.78, 5) is 11.3. The Morgan fingerprint density at radius 1 is 1.40 bits per heavy atom. The van der Waals surface area contributed by atoms with Gasteiger partial charge in [-0.05, 0) is 42.5 Å². The maximum atomic E-state index is 10.9. The molecule has 0 aliphatic heterocycles. The minimum atomic E-state index is -0.870. The van der Waals surface area contributed by atoms with Gasteiger partial charge in [0.1, 0.15) is 4.88 Å². The van der Waals surface area contributed by atoms with Gasteiger partial charge in [0, 0.05) is 10.4 Å². The molecule has 1 aromatic heterocycles. The van der Waals surface area contributed by atoms with Crippen LogP contribution in [0.4, 0.5) is 5.69 Å². The minimum Gasteiger partial charge on any atom is -0.477 e. The number of aryl methyl sites for hydroxylation is 2. The van der Waals surface area contributed by atoms with E-state index in [4.69, 9.17) is 10.8 Å². The van der Waals surface area contributed by atoms with Gasteiger partial charge in [-0.3, -0.25) is 0 Å². The van der Waals surface area contributed by atoms with E-state index in [1.54, 1.807) is 0 Å². The number of benzene rings is 1. The SMILES string of the molecule is Cc1cc2sc(C(=O)O)c(C)c2cc1N. The summed E-state index contributed by atoms with van der Waals surface area (Å²) in [6, 6.07) is 3.79. The van der Waals surface area contributed by atoms with Crippen LogP contribution >= 0.6 is 11.3 Å². The lowest BCUT2D eigenvalue weighted by Gasteiger charge is -1.99. The van der Waals surface area contributed by atoms with Crippen LogP contribution < -0.4 is 5.73 Å². The Morgan fingerprint density at radius 3 is 2.67 bits per heavy atom. The molecule has 0 saturated carbocycles. The zero-order valence-corrected chi connectivity index (χ0v) is 9.31. The lowest BCUT2D eigenvalue weighted by molar-refractivity contribution is 0.0701. The Labute approximate surface area is 91.1 Å². The summed E-state index contributed by atoms with van der Waals surface area (Å²) >= 11 is 1.30. The molecular weight excluding hydrogens is 210 g/mol. The average Bonchev–Trinajstić information content (AvgIpc) is 2.46. The molecule has 78 valence electrons. The molecule has 0 saturated heterocycles. The van der Waals surface area contributed by atoms with Crippen LogP contribution in [0.1, 0.15) is 20.8 Å². The number of anilines is 1. The number of rotatable bonds is 1. The molecular formula is C11H11NO2S. The number of hydrogen-bond acceptors (Lipinski definition) is 3. The van der Waals surface area contributed by atoms with Crippen molar-refractivity contribution < 1.29 is 9.90 Å². The van der Waals surface area contributed by atoms with Gasteiger partial charge in [0.05, 0.1) is 0 Å². The quantitative estimate of drug-likeness (QED) is 0.728. The molecule has 0 fully saturated rings. The Bertz CT molecular complexity index is 557. The number of nitrogen functional groups attached to an aromatic ring is 1. The summed E-state index contributed by atoms with van der Waals surface area (Å²) in [6.07, 6.45) is 0. The maximum Gasteiger partial charge on any atom is 0.346 e. The fraction of sp³-hybridized carbons (Fsp3) is 0.182. The molecule has 1 aromatic carbocycles. The van der Waals surface area contributed by atoms with E-state index in [1.807, 2.05) is 26.0 Å². The van der Waals surface area contributed by atoms with Crippen LogP contribution in [-0.2, 0) is 0 Å². The molecule has 0 amide bonds. The first-order valence-corrected chi connectivity index (χ1v) is 5.35. The number of carbonyl (C=O) groups is 1. The van der Waals surface area contributed by atoms with Gasteiger partial charge in [-0.2, -0.15) is 0 Å². The predicted octanol–water partition coefficient (Wildman–Crippen LogP) is 2.80. The third-order valence-corrected chi connectivity index (χ3v) is 3.76. The van der Waals surface area contributed by atoms with Crippen molar-refractivity contribution in [2.24, 2.45) is 0 Å². The van der Waals surface area contributed by atoms with E-state index < -0.39 is 5.97 Å². The zero-order chi connectivity index (χ0) is 11.2. The van der Waals surface area contributed by atoms with Crippen LogP contribution in [0.3, 0.4) is 0 Å². The van der Waals surface area contributed by atoms with Crippen molar-refractivity contribution in [3.05, 3.63) is 28.1 Å². The summed E-state index contributed by atoms with van der Waals surface area (Å²) in [5, 5.41) is 9.93. The van der Waals surface area contributed by atoms with E-state index in [-0.39, 0.29) is 0 Å². The second kappa shape index (κ2) is 3.24. The van der Waals surface area contributed by atoms with E-state index in [9.17, 15) is 4.79 Å². The van der Waals surface area contributed by atoms with Crippen LogP contribution in [0.15, 0.2) is 12.1 Å². The van der Waals surface area contributed by atoms with Gasteiger partial charge in [0.15, 0.2) is 0 Å². The minimum absolute atomic E-state index is 0.398. The first kappa shape index (κ1) is 9.98. The van der Waals surface area contributed by atoms with E-state index in [0.717, 1.165) is 21.2 Å². The smallest absolute Gasteiger partial charge is 0.346 e. The van der Waals surface area contributed by atoms with Crippen LogP contribution in [-0.4, -0.2) is 11.1 Å².